The number of benzene rings is 2. The number of aromatic hydroxyl groups is 1. The van der Waals surface area contributed by atoms with Crippen molar-refractivity contribution in [3.05, 3.63) is 30.3 Å². The first-order chi connectivity index (χ1) is 6.86. The molecule has 0 aliphatic heterocycles. The zero-order valence-corrected chi connectivity index (χ0v) is 7.73. The Labute approximate surface area is 84.7 Å². The number of hydrogen-bond donors (Lipinski definition) is 2. The van der Waals surface area contributed by atoms with Gasteiger partial charge >= 0.3 is 0 Å². The Hall–Kier alpha value is -2.14. The van der Waals surface area contributed by atoms with E-state index in [1.165, 1.54) is 0 Å². The summed E-state index contributed by atoms with van der Waals surface area (Å²) in [6.07, 6.45) is 0. The van der Waals surface area contributed by atoms with Gasteiger partial charge in [-0.05, 0) is 11.5 Å². The monoisotopic (exact) mass is 203 g/mol. The lowest BCUT2D eigenvalue weighted by Crippen LogP contribution is -1.76. The molecule has 0 radical (unpaired) electrons. The molecule has 0 fully saturated rings. The molecule has 0 bridgehead atoms. The molecule has 3 aromatic rings. The summed E-state index contributed by atoms with van der Waals surface area (Å²) in [5.41, 5.74) is 1.23. The quantitative estimate of drug-likeness (QED) is 0.570. The smallest absolute Gasteiger partial charge is 0.155 e. The van der Waals surface area contributed by atoms with E-state index in [1.54, 1.807) is 6.07 Å². The number of nitrogens with one attached hydrogen (secondary N) is 1. The van der Waals surface area contributed by atoms with Gasteiger partial charge < -0.3 is 10.6 Å². The number of fused-ring (bicyclic) bond motifs is 3. The number of H-pyrrole nitrogens is 1. The molecule has 1 aromatic heterocycles. The average molecular weight is 203 g/mol. The molecule has 76 valence electrons. The zero-order chi connectivity index (χ0) is 9.54. The maximum atomic E-state index is 9.64. The van der Waals surface area contributed by atoms with Gasteiger partial charge in [-0.1, -0.05) is 24.3 Å². The second-order valence-electron chi connectivity index (χ2n) is 3.14. The lowest BCUT2D eigenvalue weighted by atomic mass is 10.1. The van der Waals surface area contributed by atoms with Crippen molar-refractivity contribution >= 4 is 21.8 Å². The van der Waals surface area contributed by atoms with Gasteiger partial charge in [-0.25, -0.2) is 0 Å². The Kier molecular flexibility index (Phi) is 2.02. The van der Waals surface area contributed by atoms with E-state index in [1.807, 2.05) is 24.3 Å². The first kappa shape index (κ1) is 9.42. The van der Waals surface area contributed by atoms with Gasteiger partial charge in [-0.2, -0.15) is 15.4 Å². The Bertz CT molecular complexity index is 618. The van der Waals surface area contributed by atoms with Crippen LogP contribution in [0.1, 0.15) is 0 Å². The first-order valence-electron chi connectivity index (χ1n) is 4.27. The maximum absolute atomic E-state index is 9.64. The van der Waals surface area contributed by atoms with Crippen LogP contribution in [0, 0.1) is 0 Å². The molecule has 4 N–H and O–H groups in total. The van der Waals surface area contributed by atoms with E-state index < -0.39 is 0 Å². The number of phenols is 1. The van der Waals surface area contributed by atoms with Crippen LogP contribution >= 0.6 is 0 Å². The molecule has 15 heavy (non-hydrogen) atoms. The SMILES string of the molecule is O.Oc1cc2ccccc2c2n[nH]nc12. The summed E-state index contributed by atoms with van der Waals surface area (Å²) in [5, 5.41) is 22.0. The molecule has 0 unspecified atom stereocenters. The highest BCUT2D eigenvalue weighted by molar-refractivity contribution is 6.06. The van der Waals surface area contributed by atoms with Gasteiger partial charge in [0.2, 0.25) is 0 Å². The number of nitrogens with zero attached hydrogens (tertiary/aromatic N) is 2. The lowest BCUT2D eigenvalue weighted by molar-refractivity contribution is 0.481. The molecule has 3 rings (SSSR count). The highest BCUT2D eigenvalue weighted by atomic mass is 16.3. The number of hydrogen-bond acceptors (Lipinski definition) is 3. The second-order valence-corrected chi connectivity index (χ2v) is 3.14. The minimum absolute atomic E-state index is 0. The van der Waals surface area contributed by atoms with E-state index in [0.29, 0.717) is 11.0 Å². The first-order valence-corrected chi connectivity index (χ1v) is 4.27. The van der Waals surface area contributed by atoms with E-state index in [9.17, 15) is 5.11 Å². The van der Waals surface area contributed by atoms with Crippen molar-refractivity contribution in [1.29, 1.82) is 0 Å². The van der Waals surface area contributed by atoms with Crippen LogP contribution in [0.15, 0.2) is 30.3 Å². The molecule has 5 heteroatoms. The van der Waals surface area contributed by atoms with Crippen LogP contribution in [-0.4, -0.2) is 26.0 Å². The zero-order valence-electron chi connectivity index (χ0n) is 7.73. The molecule has 2 aromatic carbocycles. The van der Waals surface area contributed by atoms with Crippen LogP contribution in [0.4, 0.5) is 0 Å². The molecule has 0 aliphatic carbocycles. The van der Waals surface area contributed by atoms with Gasteiger partial charge in [0.1, 0.15) is 11.3 Å². The number of aromatic amines is 1. The van der Waals surface area contributed by atoms with E-state index in [-0.39, 0.29) is 11.2 Å². The highest BCUT2D eigenvalue weighted by Gasteiger charge is 2.08. The lowest BCUT2D eigenvalue weighted by Gasteiger charge is -1.98. The summed E-state index contributed by atoms with van der Waals surface area (Å²) in [4.78, 5) is 0. The molecule has 0 saturated heterocycles. The predicted octanol–water partition coefficient (Wildman–Crippen LogP) is 0.992. The van der Waals surface area contributed by atoms with Crippen molar-refractivity contribution in [2.75, 3.05) is 0 Å². The van der Waals surface area contributed by atoms with Crippen molar-refractivity contribution in [2.45, 2.75) is 0 Å². The van der Waals surface area contributed by atoms with Crippen LogP contribution < -0.4 is 0 Å². The fraction of sp³-hybridized carbons (Fsp3) is 0. The van der Waals surface area contributed by atoms with E-state index in [0.717, 1.165) is 10.8 Å². The van der Waals surface area contributed by atoms with E-state index in [2.05, 4.69) is 15.4 Å². The van der Waals surface area contributed by atoms with Gasteiger partial charge in [-0.3, -0.25) is 0 Å². The number of phenolic OH excluding ortho intramolecular Hbond substituents is 1. The van der Waals surface area contributed by atoms with Gasteiger partial charge in [-0.15, -0.1) is 0 Å². The molecule has 0 atom stereocenters. The van der Waals surface area contributed by atoms with Gasteiger partial charge in [0.05, 0.1) is 0 Å². The van der Waals surface area contributed by atoms with Gasteiger partial charge in [0.15, 0.2) is 5.52 Å². The third kappa shape index (κ3) is 1.21. The number of rotatable bonds is 0. The molecular formula is C10H9N3O2. The molecule has 1 heterocycles. The van der Waals surface area contributed by atoms with E-state index in [4.69, 9.17) is 0 Å². The van der Waals surface area contributed by atoms with Crippen LogP contribution in [0.2, 0.25) is 0 Å². The molecule has 0 spiro atoms. The third-order valence-corrected chi connectivity index (χ3v) is 2.30. The highest BCUT2D eigenvalue weighted by Crippen LogP contribution is 2.29. The Morgan fingerprint density at radius 1 is 1.07 bits per heavy atom. The normalized spacial score (nSPS) is 10.4. The third-order valence-electron chi connectivity index (χ3n) is 2.30. The summed E-state index contributed by atoms with van der Waals surface area (Å²) in [6, 6.07) is 9.45. The Balaban J connectivity index is 0.000000853. The number of aromatic nitrogens is 3. The summed E-state index contributed by atoms with van der Waals surface area (Å²) >= 11 is 0. The topological polar surface area (TPSA) is 93.3 Å². The van der Waals surface area contributed by atoms with Gasteiger partial charge in [0.25, 0.3) is 0 Å². The molecular weight excluding hydrogens is 194 g/mol. The van der Waals surface area contributed by atoms with Crippen LogP contribution in [0.3, 0.4) is 0 Å². The van der Waals surface area contributed by atoms with Crippen molar-refractivity contribution in [2.24, 2.45) is 0 Å². The molecule has 0 amide bonds. The van der Waals surface area contributed by atoms with Crippen LogP contribution in [0.25, 0.3) is 21.8 Å². The minimum Gasteiger partial charge on any atom is -0.506 e. The summed E-state index contributed by atoms with van der Waals surface area (Å²) in [6.45, 7) is 0. The minimum atomic E-state index is 0. The maximum Gasteiger partial charge on any atom is 0.155 e. The summed E-state index contributed by atoms with van der Waals surface area (Å²) < 4.78 is 0. The predicted molar refractivity (Wildman–Crippen MR) is 56.7 cm³/mol. The molecule has 5 nitrogen and oxygen atoms in total. The van der Waals surface area contributed by atoms with Crippen LogP contribution in [0.5, 0.6) is 5.75 Å². The fourth-order valence-corrected chi connectivity index (χ4v) is 1.65. The van der Waals surface area contributed by atoms with Crippen molar-refractivity contribution in [1.82, 2.24) is 15.4 Å². The second kappa shape index (κ2) is 3.21. The van der Waals surface area contributed by atoms with Crippen LogP contribution in [-0.2, 0) is 0 Å². The largest absolute Gasteiger partial charge is 0.506 e. The van der Waals surface area contributed by atoms with Crippen molar-refractivity contribution < 1.29 is 10.6 Å². The summed E-state index contributed by atoms with van der Waals surface area (Å²) in [7, 11) is 0. The summed E-state index contributed by atoms with van der Waals surface area (Å²) in [5.74, 6) is 0.160. The van der Waals surface area contributed by atoms with Crippen molar-refractivity contribution in [3.63, 3.8) is 0 Å². The van der Waals surface area contributed by atoms with Crippen molar-refractivity contribution in [3.8, 4) is 5.75 Å². The Morgan fingerprint density at radius 3 is 2.67 bits per heavy atom. The standard InChI is InChI=1S/C10H7N3O.H2O/c14-8-5-6-3-1-2-4-7(6)9-10(8)12-13-11-9;/h1-5,14H,(H,11,12,13);1H2. The Morgan fingerprint density at radius 2 is 1.80 bits per heavy atom. The van der Waals surface area contributed by atoms with E-state index >= 15 is 0 Å². The fourth-order valence-electron chi connectivity index (χ4n) is 1.65. The molecule has 0 saturated carbocycles. The average Bonchev–Trinajstić information content (AvgIpc) is 2.67. The van der Waals surface area contributed by atoms with Gasteiger partial charge in [0, 0.05) is 5.39 Å². The molecule has 0 aliphatic rings.